The maximum Gasteiger partial charge on any atom is 0.193 e. The lowest BCUT2D eigenvalue weighted by molar-refractivity contribution is 0.486. The molecule has 0 amide bonds. The molecule has 1 unspecified atom stereocenters. The Morgan fingerprint density at radius 3 is 3.00 bits per heavy atom. The lowest BCUT2D eigenvalue weighted by Gasteiger charge is -2.21. The number of aryl methyl sites for hydroxylation is 2. The molecule has 0 aliphatic carbocycles. The first-order valence-electron chi connectivity index (χ1n) is 8.51. The number of hydrogen-bond donors (Lipinski definition) is 1. The fourth-order valence-corrected chi connectivity index (χ4v) is 3.30. The lowest BCUT2D eigenvalue weighted by Crippen LogP contribution is -2.40. The number of nitrogens with zero attached hydrogens (tertiary/aromatic N) is 5. The van der Waals surface area contributed by atoms with Gasteiger partial charge in [-0.2, -0.15) is 5.10 Å². The van der Waals surface area contributed by atoms with Crippen LogP contribution in [0.4, 0.5) is 0 Å². The van der Waals surface area contributed by atoms with Crippen molar-refractivity contribution in [2.45, 2.75) is 25.7 Å². The van der Waals surface area contributed by atoms with Gasteiger partial charge in [0.1, 0.15) is 0 Å². The predicted octanol–water partition coefficient (Wildman–Crippen LogP) is 1.73. The maximum absolute atomic E-state index is 4.46. The van der Waals surface area contributed by atoms with Gasteiger partial charge in [0, 0.05) is 58.2 Å². The molecule has 6 heteroatoms. The molecule has 3 rings (SSSR count). The quantitative estimate of drug-likeness (QED) is 0.687. The second-order valence-electron chi connectivity index (χ2n) is 6.41. The number of hydrogen-bond acceptors (Lipinski definition) is 3. The summed E-state index contributed by atoms with van der Waals surface area (Å²) in [7, 11) is 3.83. The van der Waals surface area contributed by atoms with Gasteiger partial charge >= 0.3 is 0 Å². The molecular formula is C18H26N6. The standard InChI is InChI=1S/C18H26N6/c1-14-10-20-7-4-15(14)5-8-21-18(19-2)24-9-6-16(13-24)17-11-22-23(3)12-17/h4,7,10-12,16H,5-6,8-9,13H2,1-3H3,(H,19,21). The van der Waals surface area contributed by atoms with Crippen LogP contribution in [-0.2, 0) is 13.5 Å². The highest BCUT2D eigenvalue weighted by Crippen LogP contribution is 2.26. The van der Waals surface area contributed by atoms with E-state index in [4.69, 9.17) is 0 Å². The summed E-state index contributed by atoms with van der Waals surface area (Å²) >= 11 is 0. The Kier molecular flexibility index (Phi) is 5.13. The first-order chi connectivity index (χ1) is 11.7. The molecule has 2 aromatic rings. The van der Waals surface area contributed by atoms with Crippen LogP contribution < -0.4 is 5.32 Å². The van der Waals surface area contributed by atoms with Crippen LogP contribution in [0.2, 0.25) is 0 Å². The van der Waals surface area contributed by atoms with Crippen LogP contribution in [0.1, 0.15) is 29.0 Å². The topological polar surface area (TPSA) is 58.3 Å². The number of rotatable bonds is 4. The van der Waals surface area contributed by atoms with Crippen molar-refractivity contribution in [3.63, 3.8) is 0 Å². The number of likely N-dealkylation sites (tertiary alicyclic amines) is 1. The first kappa shape index (κ1) is 16.5. The molecule has 1 atom stereocenters. The summed E-state index contributed by atoms with van der Waals surface area (Å²) in [5.74, 6) is 1.53. The molecule has 1 fully saturated rings. The van der Waals surface area contributed by atoms with E-state index in [9.17, 15) is 0 Å². The summed E-state index contributed by atoms with van der Waals surface area (Å²) in [5.41, 5.74) is 3.90. The molecule has 0 bridgehead atoms. The number of nitrogens with one attached hydrogen (secondary N) is 1. The Morgan fingerprint density at radius 1 is 1.42 bits per heavy atom. The highest BCUT2D eigenvalue weighted by Gasteiger charge is 2.26. The van der Waals surface area contributed by atoms with E-state index >= 15 is 0 Å². The van der Waals surface area contributed by atoms with Crippen molar-refractivity contribution in [1.29, 1.82) is 0 Å². The Balaban J connectivity index is 1.53. The van der Waals surface area contributed by atoms with E-state index in [1.54, 1.807) is 0 Å². The van der Waals surface area contributed by atoms with Crippen LogP contribution in [0, 0.1) is 6.92 Å². The van der Waals surface area contributed by atoms with Crippen molar-refractivity contribution >= 4 is 5.96 Å². The molecule has 24 heavy (non-hydrogen) atoms. The Bertz CT molecular complexity index is 705. The van der Waals surface area contributed by atoms with Gasteiger partial charge in [-0.25, -0.2) is 0 Å². The third-order valence-electron chi connectivity index (χ3n) is 4.71. The SMILES string of the molecule is CN=C(NCCc1ccncc1C)N1CCC(c2cnn(C)c2)C1. The first-order valence-corrected chi connectivity index (χ1v) is 8.51. The summed E-state index contributed by atoms with van der Waals surface area (Å²) in [6.07, 6.45) is 10.0. The molecule has 3 heterocycles. The van der Waals surface area contributed by atoms with E-state index in [0.29, 0.717) is 5.92 Å². The number of pyridine rings is 1. The normalized spacial score (nSPS) is 18.2. The molecule has 6 nitrogen and oxygen atoms in total. The Hall–Kier alpha value is -2.37. The van der Waals surface area contributed by atoms with Gasteiger partial charge in [-0.1, -0.05) is 0 Å². The van der Waals surface area contributed by atoms with Gasteiger partial charge in [0.15, 0.2) is 5.96 Å². The number of aromatic nitrogens is 3. The van der Waals surface area contributed by atoms with Crippen molar-refractivity contribution in [1.82, 2.24) is 25.0 Å². The van der Waals surface area contributed by atoms with Crippen LogP contribution >= 0.6 is 0 Å². The molecule has 2 aromatic heterocycles. The third kappa shape index (κ3) is 3.75. The molecule has 1 aliphatic heterocycles. The van der Waals surface area contributed by atoms with Crippen molar-refractivity contribution < 1.29 is 0 Å². The molecule has 0 aromatic carbocycles. The van der Waals surface area contributed by atoms with Crippen LogP contribution in [-0.4, -0.2) is 52.3 Å². The zero-order chi connectivity index (χ0) is 16.9. The van der Waals surface area contributed by atoms with Crippen LogP contribution in [0.25, 0.3) is 0 Å². The molecule has 0 saturated carbocycles. The van der Waals surface area contributed by atoms with Crippen LogP contribution in [0.5, 0.6) is 0 Å². The summed E-state index contributed by atoms with van der Waals surface area (Å²) in [6.45, 7) is 5.02. The van der Waals surface area contributed by atoms with Crippen molar-refractivity contribution in [3.8, 4) is 0 Å². The Morgan fingerprint density at radius 2 is 2.29 bits per heavy atom. The fraction of sp³-hybridized carbons (Fsp3) is 0.500. The second-order valence-corrected chi connectivity index (χ2v) is 6.41. The smallest absolute Gasteiger partial charge is 0.193 e. The molecule has 1 saturated heterocycles. The molecule has 0 radical (unpaired) electrons. The molecule has 1 N–H and O–H groups in total. The van der Waals surface area contributed by atoms with E-state index in [-0.39, 0.29) is 0 Å². The third-order valence-corrected chi connectivity index (χ3v) is 4.71. The molecule has 1 aliphatic rings. The average Bonchev–Trinajstić information content (AvgIpc) is 3.22. The number of guanidine groups is 1. The van der Waals surface area contributed by atoms with Crippen molar-refractivity contribution in [2.24, 2.45) is 12.0 Å². The van der Waals surface area contributed by atoms with Gasteiger partial charge in [0.2, 0.25) is 0 Å². The maximum atomic E-state index is 4.46. The minimum Gasteiger partial charge on any atom is -0.356 e. The highest BCUT2D eigenvalue weighted by molar-refractivity contribution is 5.80. The van der Waals surface area contributed by atoms with E-state index < -0.39 is 0 Å². The van der Waals surface area contributed by atoms with Crippen LogP contribution in [0.15, 0.2) is 35.8 Å². The summed E-state index contributed by atoms with van der Waals surface area (Å²) in [5, 5.41) is 7.79. The van der Waals surface area contributed by atoms with Crippen LogP contribution in [0.3, 0.4) is 0 Å². The van der Waals surface area contributed by atoms with Gasteiger partial charge < -0.3 is 10.2 Å². The summed E-state index contributed by atoms with van der Waals surface area (Å²) in [4.78, 5) is 10.9. The molecule has 128 valence electrons. The zero-order valence-electron chi connectivity index (χ0n) is 14.7. The van der Waals surface area contributed by atoms with Crippen molar-refractivity contribution in [2.75, 3.05) is 26.7 Å². The van der Waals surface area contributed by atoms with E-state index in [0.717, 1.165) is 38.4 Å². The van der Waals surface area contributed by atoms with Gasteiger partial charge in [-0.05, 0) is 42.5 Å². The van der Waals surface area contributed by atoms with Gasteiger partial charge in [0.05, 0.1) is 6.20 Å². The average molecular weight is 326 g/mol. The summed E-state index contributed by atoms with van der Waals surface area (Å²) in [6, 6.07) is 2.09. The Labute approximate surface area is 143 Å². The summed E-state index contributed by atoms with van der Waals surface area (Å²) < 4.78 is 1.88. The fourth-order valence-electron chi connectivity index (χ4n) is 3.30. The minimum atomic E-state index is 0.541. The lowest BCUT2D eigenvalue weighted by atomic mass is 10.0. The molecular weight excluding hydrogens is 300 g/mol. The van der Waals surface area contributed by atoms with E-state index in [1.807, 2.05) is 37.4 Å². The van der Waals surface area contributed by atoms with Gasteiger partial charge in [-0.3, -0.25) is 14.7 Å². The van der Waals surface area contributed by atoms with E-state index in [1.165, 1.54) is 16.7 Å². The molecule has 0 spiro atoms. The van der Waals surface area contributed by atoms with E-state index in [2.05, 4.69) is 44.5 Å². The predicted molar refractivity (Wildman–Crippen MR) is 96.2 cm³/mol. The van der Waals surface area contributed by atoms with Crippen molar-refractivity contribution in [3.05, 3.63) is 47.5 Å². The largest absolute Gasteiger partial charge is 0.356 e. The highest BCUT2D eigenvalue weighted by atomic mass is 15.3. The monoisotopic (exact) mass is 326 g/mol. The van der Waals surface area contributed by atoms with Gasteiger partial charge in [-0.15, -0.1) is 0 Å². The second kappa shape index (κ2) is 7.47. The van der Waals surface area contributed by atoms with Gasteiger partial charge in [0.25, 0.3) is 0 Å². The zero-order valence-corrected chi connectivity index (χ0v) is 14.7. The minimum absolute atomic E-state index is 0.541. The number of aliphatic imine (C=N–C) groups is 1.